The van der Waals surface area contributed by atoms with Crippen molar-refractivity contribution in [1.82, 2.24) is 5.32 Å². The molecule has 5 heteroatoms. The van der Waals surface area contributed by atoms with Crippen molar-refractivity contribution in [2.24, 2.45) is 0 Å². The van der Waals surface area contributed by atoms with Crippen molar-refractivity contribution in [1.29, 1.82) is 0 Å². The molecule has 0 saturated heterocycles. The zero-order chi connectivity index (χ0) is 12.8. The summed E-state index contributed by atoms with van der Waals surface area (Å²) in [6, 6.07) is 5.05. The summed E-state index contributed by atoms with van der Waals surface area (Å²) >= 11 is 11.8. The number of carbonyl (C=O) groups is 1. The summed E-state index contributed by atoms with van der Waals surface area (Å²) in [4.78, 5) is 13.4. The Morgan fingerprint density at radius 2 is 2.06 bits per heavy atom. The van der Waals surface area contributed by atoms with Crippen LogP contribution in [0.5, 0.6) is 0 Å². The average Bonchev–Trinajstić information content (AvgIpc) is 2.33. The predicted octanol–water partition coefficient (Wildman–Crippen LogP) is 3.94. The van der Waals surface area contributed by atoms with E-state index in [-0.39, 0.29) is 6.03 Å². The second-order valence-electron chi connectivity index (χ2n) is 3.66. The number of amides is 2. The molecule has 0 saturated carbocycles. The predicted molar refractivity (Wildman–Crippen MR) is 73.2 cm³/mol. The Bertz CT molecular complexity index is 396. The molecule has 94 valence electrons. The first kappa shape index (κ1) is 14.1. The Morgan fingerprint density at radius 3 is 2.59 bits per heavy atom. The maximum atomic E-state index is 11.8. The van der Waals surface area contributed by atoms with E-state index in [1.165, 1.54) is 0 Å². The van der Waals surface area contributed by atoms with Gasteiger partial charge in [0.2, 0.25) is 0 Å². The fraction of sp³-hybridized carbons (Fsp3) is 0.417. The van der Waals surface area contributed by atoms with Crippen molar-refractivity contribution in [3.63, 3.8) is 0 Å². The highest BCUT2D eigenvalue weighted by Crippen LogP contribution is 2.27. The SMILES string of the molecule is CCCCN(C(=O)NC)c1ccc(Cl)c(Cl)c1. The van der Waals surface area contributed by atoms with Crippen LogP contribution in [0.3, 0.4) is 0 Å². The molecule has 2 amide bonds. The summed E-state index contributed by atoms with van der Waals surface area (Å²) < 4.78 is 0. The maximum absolute atomic E-state index is 11.8. The van der Waals surface area contributed by atoms with E-state index in [9.17, 15) is 4.79 Å². The van der Waals surface area contributed by atoms with Gasteiger partial charge >= 0.3 is 6.03 Å². The molecule has 0 atom stereocenters. The number of anilines is 1. The van der Waals surface area contributed by atoms with E-state index in [2.05, 4.69) is 12.2 Å². The summed E-state index contributed by atoms with van der Waals surface area (Å²) in [6.07, 6.45) is 1.96. The second kappa shape index (κ2) is 6.72. The lowest BCUT2D eigenvalue weighted by Gasteiger charge is -2.22. The Balaban J connectivity index is 2.95. The van der Waals surface area contributed by atoms with Crippen LogP contribution in [-0.4, -0.2) is 19.6 Å². The molecule has 1 aromatic rings. The van der Waals surface area contributed by atoms with E-state index in [1.54, 1.807) is 30.1 Å². The average molecular weight is 275 g/mol. The third-order valence-electron chi connectivity index (χ3n) is 2.41. The molecule has 0 aromatic heterocycles. The smallest absolute Gasteiger partial charge is 0.321 e. The fourth-order valence-electron chi connectivity index (χ4n) is 1.45. The first-order valence-corrected chi connectivity index (χ1v) is 6.30. The molecular formula is C12H16Cl2N2O. The molecule has 0 aliphatic heterocycles. The van der Waals surface area contributed by atoms with Crippen LogP contribution in [0.2, 0.25) is 10.0 Å². The number of rotatable bonds is 4. The van der Waals surface area contributed by atoms with Crippen LogP contribution in [0.1, 0.15) is 19.8 Å². The summed E-state index contributed by atoms with van der Waals surface area (Å²) in [5.41, 5.74) is 0.757. The minimum absolute atomic E-state index is 0.142. The summed E-state index contributed by atoms with van der Waals surface area (Å²) in [5, 5.41) is 3.56. The number of unbranched alkanes of at least 4 members (excludes halogenated alkanes) is 1. The van der Waals surface area contributed by atoms with E-state index in [0.717, 1.165) is 18.5 Å². The number of hydrogen-bond acceptors (Lipinski definition) is 1. The van der Waals surface area contributed by atoms with Gasteiger partial charge in [-0.1, -0.05) is 36.5 Å². The van der Waals surface area contributed by atoms with E-state index in [4.69, 9.17) is 23.2 Å². The van der Waals surface area contributed by atoms with Crippen LogP contribution in [-0.2, 0) is 0 Å². The number of carbonyl (C=O) groups excluding carboxylic acids is 1. The number of hydrogen-bond donors (Lipinski definition) is 1. The zero-order valence-electron chi connectivity index (χ0n) is 9.96. The molecule has 0 heterocycles. The molecule has 17 heavy (non-hydrogen) atoms. The highest BCUT2D eigenvalue weighted by Gasteiger charge is 2.14. The van der Waals surface area contributed by atoms with Crippen LogP contribution in [0, 0.1) is 0 Å². The molecule has 0 aliphatic rings. The molecule has 3 nitrogen and oxygen atoms in total. The van der Waals surface area contributed by atoms with Crippen LogP contribution < -0.4 is 10.2 Å². The summed E-state index contributed by atoms with van der Waals surface area (Å²) in [7, 11) is 1.61. The van der Waals surface area contributed by atoms with Gasteiger partial charge in [-0.05, 0) is 24.6 Å². The summed E-state index contributed by atoms with van der Waals surface area (Å²) in [5.74, 6) is 0. The van der Waals surface area contributed by atoms with Crippen molar-refractivity contribution in [2.45, 2.75) is 19.8 Å². The lowest BCUT2D eigenvalue weighted by Crippen LogP contribution is -2.38. The molecule has 0 unspecified atom stereocenters. The van der Waals surface area contributed by atoms with Gasteiger partial charge in [0.05, 0.1) is 10.0 Å². The molecule has 0 radical (unpaired) electrons. The Hall–Kier alpha value is -0.930. The van der Waals surface area contributed by atoms with Gasteiger partial charge in [-0.3, -0.25) is 4.90 Å². The monoisotopic (exact) mass is 274 g/mol. The highest BCUT2D eigenvalue weighted by molar-refractivity contribution is 6.42. The van der Waals surface area contributed by atoms with Crippen molar-refractivity contribution < 1.29 is 4.79 Å². The number of benzene rings is 1. The van der Waals surface area contributed by atoms with E-state index < -0.39 is 0 Å². The Kier molecular flexibility index (Phi) is 5.59. The minimum Gasteiger partial charge on any atom is -0.341 e. The third-order valence-corrected chi connectivity index (χ3v) is 3.15. The van der Waals surface area contributed by atoms with E-state index >= 15 is 0 Å². The lowest BCUT2D eigenvalue weighted by molar-refractivity contribution is 0.248. The zero-order valence-corrected chi connectivity index (χ0v) is 11.5. The first-order chi connectivity index (χ1) is 8.10. The molecular weight excluding hydrogens is 259 g/mol. The number of nitrogens with zero attached hydrogens (tertiary/aromatic N) is 1. The topological polar surface area (TPSA) is 32.3 Å². The van der Waals surface area contributed by atoms with Gasteiger partial charge in [-0.2, -0.15) is 0 Å². The molecule has 0 bridgehead atoms. The van der Waals surface area contributed by atoms with Crippen molar-refractivity contribution >= 4 is 34.9 Å². The van der Waals surface area contributed by atoms with Gasteiger partial charge in [0.15, 0.2) is 0 Å². The van der Waals surface area contributed by atoms with Crippen LogP contribution >= 0.6 is 23.2 Å². The molecule has 0 aliphatic carbocycles. The molecule has 1 rings (SSSR count). The van der Waals surface area contributed by atoms with Gasteiger partial charge in [0.1, 0.15) is 0 Å². The number of nitrogens with one attached hydrogen (secondary N) is 1. The van der Waals surface area contributed by atoms with Crippen molar-refractivity contribution in [3.8, 4) is 0 Å². The number of halogens is 2. The second-order valence-corrected chi connectivity index (χ2v) is 4.47. The van der Waals surface area contributed by atoms with Crippen molar-refractivity contribution in [2.75, 3.05) is 18.5 Å². The molecule has 0 spiro atoms. The largest absolute Gasteiger partial charge is 0.341 e. The molecule has 0 fully saturated rings. The normalized spacial score (nSPS) is 10.1. The van der Waals surface area contributed by atoms with E-state index in [1.807, 2.05) is 0 Å². The van der Waals surface area contributed by atoms with Gasteiger partial charge in [0, 0.05) is 19.3 Å². The Labute approximate surface area is 112 Å². The van der Waals surface area contributed by atoms with Gasteiger partial charge in [-0.15, -0.1) is 0 Å². The van der Waals surface area contributed by atoms with Gasteiger partial charge in [-0.25, -0.2) is 4.79 Å². The van der Waals surface area contributed by atoms with E-state index in [0.29, 0.717) is 16.6 Å². The molecule has 1 aromatic carbocycles. The van der Waals surface area contributed by atoms with Crippen LogP contribution in [0.15, 0.2) is 18.2 Å². The van der Waals surface area contributed by atoms with Crippen LogP contribution in [0.25, 0.3) is 0 Å². The quantitative estimate of drug-likeness (QED) is 0.886. The first-order valence-electron chi connectivity index (χ1n) is 5.54. The Morgan fingerprint density at radius 1 is 1.35 bits per heavy atom. The number of urea groups is 1. The lowest BCUT2D eigenvalue weighted by atomic mass is 10.2. The minimum atomic E-state index is -0.142. The molecule has 1 N–H and O–H groups in total. The van der Waals surface area contributed by atoms with Gasteiger partial charge < -0.3 is 5.32 Å². The highest BCUT2D eigenvalue weighted by atomic mass is 35.5. The van der Waals surface area contributed by atoms with Crippen LogP contribution in [0.4, 0.5) is 10.5 Å². The third kappa shape index (κ3) is 3.79. The fourth-order valence-corrected chi connectivity index (χ4v) is 1.74. The standard InChI is InChI=1S/C12H16Cl2N2O/c1-3-4-7-16(12(17)15-2)9-5-6-10(13)11(14)8-9/h5-6,8H,3-4,7H2,1-2H3,(H,15,17). The van der Waals surface area contributed by atoms with Crippen molar-refractivity contribution in [3.05, 3.63) is 28.2 Å². The summed E-state index contributed by atoms with van der Waals surface area (Å²) in [6.45, 7) is 2.74. The van der Waals surface area contributed by atoms with Gasteiger partial charge in [0.25, 0.3) is 0 Å². The maximum Gasteiger partial charge on any atom is 0.321 e.